The third kappa shape index (κ3) is 3.63. The van der Waals surface area contributed by atoms with Gasteiger partial charge in [-0.3, -0.25) is 0 Å². The van der Waals surface area contributed by atoms with Crippen molar-refractivity contribution in [2.24, 2.45) is 0 Å². The molecule has 2 heterocycles. The normalized spacial score (nSPS) is 13.4. The Morgan fingerprint density at radius 2 is 1.72 bits per heavy atom. The Morgan fingerprint density at radius 3 is 2.56 bits per heavy atom. The van der Waals surface area contributed by atoms with Crippen molar-refractivity contribution < 1.29 is 0 Å². The number of fused-ring (bicyclic) bond motifs is 1. The smallest absolute Gasteiger partial charge is 0.134 e. The fraction of sp³-hybridized carbons (Fsp3) is 0.238. The number of hydrogen-bond acceptors (Lipinski definition) is 4. The first-order valence-electron chi connectivity index (χ1n) is 8.73. The van der Waals surface area contributed by atoms with Crippen LogP contribution in [0.2, 0.25) is 0 Å². The van der Waals surface area contributed by atoms with E-state index in [0.29, 0.717) is 0 Å². The molecule has 4 rings (SSSR count). The van der Waals surface area contributed by atoms with Gasteiger partial charge in [0, 0.05) is 25.7 Å². The van der Waals surface area contributed by atoms with E-state index >= 15 is 0 Å². The second-order valence-electron chi connectivity index (χ2n) is 6.44. The average Bonchev–Trinajstić information content (AvgIpc) is 2.66. The van der Waals surface area contributed by atoms with Crippen molar-refractivity contribution in [3.05, 3.63) is 83.2 Å². The first-order chi connectivity index (χ1) is 12.3. The van der Waals surface area contributed by atoms with E-state index in [-0.39, 0.29) is 0 Å². The predicted molar refractivity (Wildman–Crippen MR) is 102 cm³/mol. The zero-order valence-corrected chi connectivity index (χ0v) is 14.4. The van der Waals surface area contributed by atoms with Gasteiger partial charge in [0.15, 0.2) is 0 Å². The fourth-order valence-electron chi connectivity index (χ4n) is 3.28. The molecule has 0 unspecified atom stereocenters. The van der Waals surface area contributed by atoms with Crippen LogP contribution in [0.5, 0.6) is 0 Å². The SMILES string of the molecule is Cc1nc(NCc2ccccc2)cc(N2CCc3ccccc3C2)n1. The third-order valence-corrected chi connectivity index (χ3v) is 4.60. The van der Waals surface area contributed by atoms with Crippen LogP contribution in [0.25, 0.3) is 0 Å². The molecule has 4 nitrogen and oxygen atoms in total. The van der Waals surface area contributed by atoms with Crippen LogP contribution in [0.15, 0.2) is 60.7 Å². The van der Waals surface area contributed by atoms with Crippen LogP contribution in [-0.4, -0.2) is 16.5 Å². The number of nitrogens with zero attached hydrogens (tertiary/aromatic N) is 3. The number of nitrogens with one attached hydrogen (secondary N) is 1. The van der Waals surface area contributed by atoms with E-state index in [2.05, 4.69) is 74.8 Å². The number of aryl methyl sites for hydroxylation is 1. The van der Waals surface area contributed by atoms with Crippen molar-refractivity contribution in [2.75, 3.05) is 16.8 Å². The van der Waals surface area contributed by atoms with Gasteiger partial charge in [0.2, 0.25) is 0 Å². The van der Waals surface area contributed by atoms with Gasteiger partial charge in [0.25, 0.3) is 0 Å². The van der Waals surface area contributed by atoms with E-state index < -0.39 is 0 Å². The number of benzene rings is 2. The molecule has 2 aromatic carbocycles. The summed E-state index contributed by atoms with van der Waals surface area (Å²) in [6, 6.07) is 21.1. The topological polar surface area (TPSA) is 41.1 Å². The minimum Gasteiger partial charge on any atom is -0.366 e. The Bertz CT molecular complexity index is 861. The van der Waals surface area contributed by atoms with Crippen molar-refractivity contribution in [3.63, 3.8) is 0 Å². The molecule has 0 amide bonds. The number of anilines is 2. The summed E-state index contributed by atoms with van der Waals surface area (Å²) in [5.74, 6) is 2.68. The molecule has 0 atom stereocenters. The summed E-state index contributed by atoms with van der Waals surface area (Å²) in [6.45, 7) is 4.62. The van der Waals surface area contributed by atoms with Crippen LogP contribution in [0.3, 0.4) is 0 Å². The number of hydrogen-bond donors (Lipinski definition) is 1. The number of rotatable bonds is 4. The minimum atomic E-state index is 0.763. The van der Waals surface area contributed by atoms with Crippen molar-refractivity contribution in [1.29, 1.82) is 0 Å². The summed E-state index contributed by atoms with van der Waals surface area (Å²) < 4.78 is 0. The van der Waals surface area contributed by atoms with Crippen molar-refractivity contribution >= 4 is 11.6 Å². The molecule has 0 spiro atoms. The highest BCUT2D eigenvalue weighted by Crippen LogP contribution is 2.24. The fourth-order valence-corrected chi connectivity index (χ4v) is 3.28. The van der Waals surface area contributed by atoms with E-state index in [4.69, 9.17) is 0 Å². The molecule has 0 saturated carbocycles. The molecule has 25 heavy (non-hydrogen) atoms. The Hall–Kier alpha value is -2.88. The molecule has 0 radical (unpaired) electrons. The zero-order valence-electron chi connectivity index (χ0n) is 14.4. The first-order valence-corrected chi connectivity index (χ1v) is 8.73. The van der Waals surface area contributed by atoms with Crippen LogP contribution in [0, 0.1) is 6.92 Å². The molecular weight excluding hydrogens is 308 g/mol. The predicted octanol–water partition coefficient (Wildman–Crippen LogP) is 3.96. The van der Waals surface area contributed by atoms with Crippen LogP contribution < -0.4 is 10.2 Å². The second kappa shape index (κ2) is 6.93. The lowest BCUT2D eigenvalue weighted by Gasteiger charge is -2.30. The monoisotopic (exact) mass is 330 g/mol. The highest BCUT2D eigenvalue weighted by Gasteiger charge is 2.18. The highest BCUT2D eigenvalue weighted by molar-refractivity contribution is 5.51. The molecule has 1 aromatic heterocycles. The van der Waals surface area contributed by atoms with E-state index in [9.17, 15) is 0 Å². The lowest BCUT2D eigenvalue weighted by molar-refractivity contribution is 0.717. The summed E-state index contributed by atoms with van der Waals surface area (Å²) in [7, 11) is 0. The van der Waals surface area contributed by atoms with Gasteiger partial charge in [0.05, 0.1) is 0 Å². The molecule has 0 fully saturated rings. The second-order valence-corrected chi connectivity index (χ2v) is 6.44. The Morgan fingerprint density at radius 1 is 0.960 bits per heavy atom. The van der Waals surface area contributed by atoms with Crippen LogP contribution >= 0.6 is 0 Å². The van der Waals surface area contributed by atoms with Gasteiger partial charge >= 0.3 is 0 Å². The van der Waals surface area contributed by atoms with Crippen LogP contribution in [-0.2, 0) is 19.5 Å². The van der Waals surface area contributed by atoms with Crippen molar-refractivity contribution in [2.45, 2.75) is 26.4 Å². The highest BCUT2D eigenvalue weighted by atomic mass is 15.2. The van der Waals surface area contributed by atoms with Gasteiger partial charge in [-0.05, 0) is 30.0 Å². The Labute approximate surface area is 148 Å². The van der Waals surface area contributed by atoms with E-state index in [1.165, 1.54) is 16.7 Å². The lowest BCUT2D eigenvalue weighted by atomic mass is 10.00. The molecule has 126 valence electrons. The molecule has 0 saturated heterocycles. The maximum Gasteiger partial charge on any atom is 0.134 e. The quantitative estimate of drug-likeness (QED) is 0.786. The Balaban J connectivity index is 1.52. The summed E-state index contributed by atoms with van der Waals surface area (Å²) >= 11 is 0. The average molecular weight is 330 g/mol. The molecular formula is C21H22N4. The molecule has 1 N–H and O–H groups in total. The Kier molecular flexibility index (Phi) is 4.34. The van der Waals surface area contributed by atoms with Crippen LogP contribution in [0.1, 0.15) is 22.5 Å². The van der Waals surface area contributed by atoms with E-state index in [1.54, 1.807) is 0 Å². The summed E-state index contributed by atoms with van der Waals surface area (Å²) in [4.78, 5) is 11.5. The maximum absolute atomic E-state index is 4.66. The lowest BCUT2D eigenvalue weighted by Crippen LogP contribution is -2.31. The molecule has 1 aliphatic heterocycles. The summed E-state index contributed by atoms with van der Waals surface area (Å²) in [5, 5.41) is 3.42. The standard InChI is InChI=1S/C21H22N4/c1-16-23-20(22-14-17-7-3-2-4-8-17)13-21(24-16)25-12-11-18-9-5-6-10-19(18)15-25/h2-10,13H,11-12,14-15H2,1H3,(H,22,23,24). The zero-order chi connectivity index (χ0) is 17.1. The van der Waals surface area contributed by atoms with Crippen LogP contribution in [0.4, 0.5) is 11.6 Å². The number of aromatic nitrogens is 2. The third-order valence-electron chi connectivity index (χ3n) is 4.60. The summed E-state index contributed by atoms with van der Waals surface area (Å²) in [5.41, 5.74) is 4.09. The largest absolute Gasteiger partial charge is 0.366 e. The maximum atomic E-state index is 4.66. The molecule has 4 heteroatoms. The van der Waals surface area contributed by atoms with Gasteiger partial charge in [0.1, 0.15) is 17.5 Å². The van der Waals surface area contributed by atoms with Gasteiger partial charge < -0.3 is 10.2 Å². The molecule has 0 aliphatic carbocycles. The van der Waals surface area contributed by atoms with Gasteiger partial charge in [-0.1, -0.05) is 54.6 Å². The van der Waals surface area contributed by atoms with Gasteiger partial charge in [-0.2, -0.15) is 0 Å². The summed E-state index contributed by atoms with van der Waals surface area (Å²) in [6.07, 6.45) is 1.06. The molecule has 0 bridgehead atoms. The molecule has 1 aliphatic rings. The van der Waals surface area contributed by atoms with Crippen molar-refractivity contribution in [1.82, 2.24) is 9.97 Å². The van der Waals surface area contributed by atoms with E-state index in [0.717, 1.165) is 43.5 Å². The van der Waals surface area contributed by atoms with Gasteiger partial charge in [-0.15, -0.1) is 0 Å². The first kappa shape index (κ1) is 15.6. The van der Waals surface area contributed by atoms with Crippen molar-refractivity contribution in [3.8, 4) is 0 Å². The molecule has 3 aromatic rings. The van der Waals surface area contributed by atoms with E-state index in [1.807, 2.05) is 13.0 Å². The minimum absolute atomic E-state index is 0.763. The van der Waals surface area contributed by atoms with Gasteiger partial charge in [-0.25, -0.2) is 9.97 Å².